The zero-order chi connectivity index (χ0) is 24.5. The second-order valence-corrected chi connectivity index (χ2v) is 10.7. The Hall–Kier alpha value is -2.56. The number of dihydropyridines is 1. The minimum absolute atomic E-state index is 0.0501. The fraction of sp³-hybridized carbons (Fsp3) is 0.379. The minimum atomic E-state index is -0.474. The van der Waals surface area contributed by atoms with Gasteiger partial charge in [0.25, 0.3) is 0 Å². The van der Waals surface area contributed by atoms with Gasteiger partial charge in [-0.2, -0.15) is 0 Å². The van der Waals surface area contributed by atoms with Crippen LogP contribution in [0, 0.1) is 0 Å². The quantitative estimate of drug-likeness (QED) is 0.441. The van der Waals surface area contributed by atoms with Crippen LogP contribution in [-0.4, -0.2) is 17.9 Å². The zero-order valence-corrected chi connectivity index (χ0v) is 21.3. The Bertz CT molecular complexity index is 1190. The first-order valence-electron chi connectivity index (χ1n) is 12.4. The minimum Gasteiger partial charge on any atom is -0.459 e. The Morgan fingerprint density at radius 3 is 2.11 bits per heavy atom. The lowest BCUT2D eigenvalue weighted by molar-refractivity contribution is -0.146. The third-order valence-electron chi connectivity index (χ3n) is 7.42. The van der Waals surface area contributed by atoms with Crippen LogP contribution in [0.25, 0.3) is 0 Å². The molecule has 0 saturated heterocycles. The van der Waals surface area contributed by atoms with E-state index in [0.717, 1.165) is 48.2 Å². The lowest BCUT2D eigenvalue weighted by atomic mass is 9.71. The molecule has 0 radical (unpaired) electrons. The number of Topliss-reactive ketones (excluding diaryl/α,β-unsaturated/α-hetero) is 1. The number of allylic oxidation sites excluding steroid dienone is 3. The molecular weight excluding hydrogens is 481 g/mol. The number of ether oxygens (including phenoxy) is 1. The highest BCUT2D eigenvalue weighted by atomic mass is 35.5. The molecule has 2 aromatic carbocycles. The Morgan fingerprint density at radius 2 is 1.49 bits per heavy atom. The van der Waals surface area contributed by atoms with Crippen molar-refractivity contribution in [3.05, 3.63) is 92.2 Å². The van der Waals surface area contributed by atoms with Crippen LogP contribution in [0.1, 0.15) is 74.8 Å². The molecule has 0 amide bonds. The van der Waals surface area contributed by atoms with Gasteiger partial charge < -0.3 is 10.1 Å². The smallest absolute Gasteiger partial charge is 0.337 e. The van der Waals surface area contributed by atoms with Gasteiger partial charge >= 0.3 is 5.97 Å². The van der Waals surface area contributed by atoms with Gasteiger partial charge in [-0.15, -0.1) is 0 Å². The monoisotopic (exact) mass is 509 g/mol. The summed E-state index contributed by atoms with van der Waals surface area (Å²) < 4.78 is 5.98. The summed E-state index contributed by atoms with van der Waals surface area (Å²) in [6.07, 6.45) is 6.15. The third kappa shape index (κ3) is 5.05. The van der Waals surface area contributed by atoms with Crippen LogP contribution in [0.2, 0.25) is 10.0 Å². The lowest BCUT2D eigenvalue weighted by Crippen LogP contribution is -2.37. The summed E-state index contributed by atoms with van der Waals surface area (Å²) in [5, 5.41) is 4.71. The van der Waals surface area contributed by atoms with Crippen LogP contribution < -0.4 is 5.32 Å². The molecule has 0 aromatic heterocycles. The molecule has 6 heteroatoms. The molecule has 2 aliphatic carbocycles. The van der Waals surface area contributed by atoms with Crippen LogP contribution in [-0.2, 0) is 14.3 Å². The first-order chi connectivity index (χ1) is 16.9. The summed E-state index contributed by atoms with van der Waals surface area (Å²) in [4.78, 5) is 27.2. The number of carbonyl (C=O) groups is 2. The topological polar surface area (TPSA) is 55.4 Å². The van der Waals surface area contributed by atoms with E-state index in [4.69, 9.17) is 27.9 Å². The van der Waals surface area contributed by atoms with Crippen molar-refractivity contribution in [1.29, 1.82) is 0 Å². The lowest BCUT2D eigenvalue weighted by Gasteiger charge is -2.37. The SMILES string of the molecule is CC1=C(C(=O)OC2CCCCC2)C(c2ccc(Cl)cc2)C2=C(CC(c3ccc(Cl)cc3)CC2=O)N1. The number of hydrogen-bond donors (Lipinski definition) is 1. The molecule has 1 saturated carbocycles. The highest BCUT2D eigenvalue weighted by molar-refractivity contribution is 6.30. The van der Waals surface area contributed by atoms with E-state index in [9.17, 15) is 9.59 Å². The maximum atomic E-state index is 13.7. The van der Waals surface area contributed by atoms with E-state index in [-0.39, 0.29) is 23.8 Å². The van der Waals surface area contributed by atoms with Crippen molar-refractivity contribution in [2.24, 2.45) is 0 Å². The van der Waals surface area contributed by atoms with E-state index in [1.807, 2.05) is 55.5 Å². The van der Waals surface area contributed by atoms with Crippen molar-refractivity contribution in [1.82, 2.24) is 5.32 Å². The summed E-state index contributed by atoms with van der Waals surface area (Å²) >= 11 is 12.2. The Kier molecular flexibility index (Phi) is 7.04. The van der Waals surface area contributed by atoms with E-state index in [1.165, 1.54) is 6.42 Å². The van der Waals surface area contributed by atoms with Gasteiger partial charge in [0.2, 0.25) is 0 Å². The number of carbonyl (C=O) groups excluding carboxylic acids is 2. The normalized spacial score (nSPS) is 23.1. The van der Waals surface area contributed by atoms with E-state index in [0.29, 0.717) is 34.0 Å². The fourth-order valence-electron chi connectivity index (χ4n) is 5.67. The summed E-state index contributed by atoms with van der Waals surface area (Å²) in [7, 11) is 0. The molecule has 0 spiro atoms. The molecule has 1 fully saturated rings. The number of halogens is 2. The molecule has 182 valence electrons. The van der Waals surface area contributed by atoms with Crippen molar-refractivity contribution in [3.63, 3.8) is 0 Å². The van der Waals surface area contributed by atoms with Crippen LogP contribution >= 0.6 is 23.2 Å². The number of esters is 1. The van der Waals surface area contributed by atoms with Crippen LogP contribution in [0.5, 0.6) is 0 Å². The molecule has 2 aromatic rings. The molecule has 2 atom stereocenters. The predicted molar refractivity (Wildman–Crippen MR) is 138 cm³/mol. The van der Waals surface area contributed by atoms with Crippen LogP contribution in [0.15, 0.2) is 71.1 Å². The maximum Gasteiger partial charge on any atom is 0.337 e. The first kappa shape index (κ1) is 24.1. The van der Waals surface area contributed by atoms with Crippen molar-refractivity contribution in [2.45, 2.75) is 69.8 Å². The second-order valence-electron chi connectivity index (χ2n) is 9.79. The van der Waals surface area contributed by atoms with E-state index in [2.05, 4.69) is 5.32 Å². The molecule has 0 bridgehead atoms. The average molecular weight is 510 g/mol. The van der Waals surface area contributed by atoms with Crippen molar-refractivity contribution >= 4 is 35.0 Å². The van der Waals surface area contributed by atoms with Crippen LogP contribution in [0.3, 0.4) is 0 Å². The number of nitrogens with one attached hydrogen (secondary N) is 1. The van der Waals surface area contributed by atoms with Gasteiger partial charge in [-0.3, -0.25) is 4.79 Å². The summed E-state index contributed by atoms with van der Waals surface area (Å²) in [5.41, 5.74) is 4.77. The predicted octanol–water partition coefficient (Wildman–Crippen LogP) is 7.23. The van der Waals surface area contributed by atoms with E-state index in [1.54, 1.807) is 0 Å². The maximum absolute atomic E-state index is 13.7. The highest BCUT2D eigenvalue weighted by Crippen LogP contribution is 2.46. The van der Waals surface area contributed by atoms with Crippen molar-refractivity contribution < 1.29 is 14.3 Å². The summed E-state index contributed by atoms with van der Waals surface area (Å²) in [6.45, 7) is 1.90. The molecule has 2 unspecified atom stereocenters. The molecule has 35 heavy (non-hydrogen) atoms. The van der Waals surface area contributed by atoms with Gasteiger partial charge in [-0.1, -0.05) is 53.9 Å². The number of hydrogen-bond acceptors (Lipinski definition) is 4. The molecular formula is C29H29Cl2NO3. The molecule has 4 nitrogen and oxygen atoms in total. The summed E-state index contributed by atoms with van der Waals surface area (Å²) in [5.74, 6) is -0.700. The number of benzene rings is 2. The van der Waals surface area contributed by atoms with Gasteiger partial charge in [0, 0.05) is 39.4 Å². The van der Waals surface area contributed by atoms with Gasteiger partial charge in [-0.05, 0) is 80.3 Å². The molecule has 1 N–H and O–H groups in total. The van der Waals surface area contributed by atoms with Gasteiger partial charge in [0.05, 0.1) is 5.57 Å². The largest absolute Gasteiger partial charge is 0.459 e. The third-order valence-corrected chi connectivity index (χ3v) is 7.92. The van der Waals surface area contributed by atoms with Gasteiger partial charge in [0.1, 0.15) is 6.10 Å². The average Bonchev–Trinajstić information content (AvgIpc) is 2.84. The van der Waals surface area contributed by atoms with Crippen molar-refractivity contribution in [3.8, 4) is 0 Å². The standard InChI is InChI=1S/C29H29Cl2NO3/c1-17-26(29(34)35-23-5-3-2-4-6-23)27(19-9-13-22(31)14-10-19)28-24(32-17)15-20(16-25(28)33)18-7-11-21(30)12-8-18/h7-14,20,23,27,32H,2-6,15-16H2,1H3. The molecule has 5 rings (SSSR count). The highest BCUT2D eigenvalue weighted by Gasteiger charge is 2.41. The number of rotatable bonds is 4. The van der Waals surface area contributed by atoms with Crippen LogP contribution in [0.4, 0.5) is 0 Å². The second kappa shape index (κ2) is 10.2. The Labute approximate surface area is 216 Å². The summed E-state index contributed by atoms with van der Waals surface area (Å²) in [6, 6.07) is 15.1. The fourth-order valence-corrected chi connectivity index (χ4v) is 5.92. The molecule has 3 aliphatic rings. The number of ketones is 1. The molecule has 1 aliphatic heterocycles. The zero-order valence-electron chi connectivity index (χ0n) is 19.8. The van der Waals surface area contributed by atoms with Gasteiger partial charge in [-0.25, -0.2) is 4.79 Å². The Morgan fingerprint density at radius 1 is 0.886 bits per heavy atom. The first-order valence-corrected chi connectivity index (χ1v) is 13.1. The Balaban J connectivity index is 1.51. The van der Waals surface area contributed by atoms with Gasteiger partial charge in [0.15, 0.2) is 5.78 Å². The van der Waals surface area contributed by atoms with E-state index < -0.39 is 5.92 Å². The molecule has 1 heterocycles. The van der Waals surface area contributed by atoms with E-state index >= 15 is 0 Å². The van der Waals surface area contributed by atoms with Crippen molar-refractivity contribution in [2.75, 3.05) is 0 Å².